The molecule has 2 atom stereocenters. The van der Waals surface area contributed by atoms with Gasteiger partial charge in [-0.2, -0.15) is 0 Å². The zero-order valence-electron chi connectivity index (χ0n) is 20.1. The molecule has 2 rings (SSSR count). The van der Waals surface area contributed by atoms with Gasteiger partial charge in [-0.15, -0.1) is 0 Å². The fourth-order valence-electron chi connectivity index (χ4n) is 3.72. The molecule has 1 aliphatic carbocycles. The Bertz CT molecular complexity index is 627. The first kappa shape index (κ1) is 26.3. The maximum Gasteiger partial charge on any atom is 0.192 e. The molecule has 0 bridgehead atoms. The predicted octanol–water partition coefficient (Wildman–Crippen LogP) is 7.93. The van der Waals surface area contributed by atoms with Gasteiger partial charge in [0.25, 0.3) is 0 Å². The molecule has 0 radical (unpaired) electrons. The molecule has 3 nitrogen and oxygen atoms in total. The number of allylic oxidation sites excluding steroid dienone is 4. The lowest BCUT2D eigenvalue weighted by Gasteiger charge is -2.39. The zero-order valence-corrected chi connectivity index (χ0v) is 23.2. The molecule has 0 amide bonds. The Labute approximate surface area is 200 Å². The van der Waals surface area contributed by atoms with Gasteiger partial charge in [0.2, 0.25) is 0 Å². The van der Waals surface area contributed by atoms with Gasteiger partial charge in [0.05, 0.1) is 19.3 Å². The van der Waals surface area contributed by atoms with E-state index in [1.54, 1.807) is 0 Å². The van der Waals surface area contributed by atoms with E-state index in [0.717, 1.165) is 58.2 Å². The minimum atomic E-state index is -1.85. The third-order valence-electron chi connectivity index (χ3n) is 6.85. The number of rotatable bonds is 9. The van der Waals surface area contributed by atoms with Crippen molar-refractivity contribution in [1.82, 2.24) is 0 Å². The Hall–Kier alpha value is 0.0469. The molecule has 0 aromatic carbocycles. The fourth-order valence-corrected chi connectivity index (χ4v) is 5.78. The highest BCUT2D eigenvalue weighted by atomic mass is 127. The Morgan fingerprint density at radius 1 is 1.30 bits per heavy atom. The van der Waals surface area contributed by atoms with Crippen molar-refractivity contribution in [2.45, 2.75) is 103 Å². The summed E-state index contributed by atoms with van der Waals surface area (Å²) in [6.45, 7) is 19.8. The summed E-state index contributed by atoms with van der Waals surface area (Å²) in [6.07, 6.45) is 12.5. The summed E-state index contributed by atoms with van der Waals surface area (Å²) in [5.41, 5.74) is 2.90. The molecular formula is C25H43IO3Si. The van der Waals surface area contributed by atoms with E-state index in [1.807, 2.05) is 0 Å². The molecule has 2 aliphatic rings. The van der Waals surface area contributed by atoms with Crippen LogP contribution in [-0.2, 0) is 13.9 Å². The summed E-state index contributed by atoms with van der Waals surface area (Å²) in [7, 11) is -1.85. The van der Waals surface area contributed by atoms with Crippen LogP contribution in [0.1, 0.15) is 72.6 Å². The Kier molecular flexibility index (Phi) is 10.3. The van der Waals surface area contributed by atoms with Crippen molar-refractivity contribution in [3.63, 3.8) is 0 Å². The lowest BCUT2D eigenvalue weighted by Crippen LogP contribution is -2.44. The Balaban J connectivity index is 2.06. The number of ether oxygens (including phenoxy) is 2. The van der Waals surface area contributed by atoms with E-state index in [1.165, 1.54) is 14.7 Å². The van der Waals surface area contributed by atoms with Gasteiger partial charge in [-0.3, -0.25) is 0 Å². The number of halogens is 1. The Morgan fingerprint density at radius 3 is 2.60 bits per heavy atom. The van der Waals surface area contributed by atoms with Gasteiger partial charge in [0, 0.05) is 0 Å². The van der Waals surface area contributed by atoms with Gasteiger partial charge >= 0.3 is 0 Å². The van der Waals surface area contributed by atoms with Crippen LogP contribution < -0.4 is 0 Å². The molecule has 0 aromatic heterocycles. The van der Waals surface area contributed by atoms with Gasteiger partial charge in [-0.25, -0.2) is 0 Å². The van der Waals surface area contributed by atoms with Crippen LogP contribution in [0, 0.1) is 5.92 Å². The highest BCUT2D eigenvalue weighted by Crippen LogP contribution is 2.39. The molecule has 0 N–H and O–H groups in total. The van der Waals surface area contributed by atoms with Crippen LogP contribution in [0.3, 0.4) is 0 Å². The van der Waals surface area contributed by atoms with E-state index in [0.29, 0.717) is 5.92 Å². The minimum Gasteiger partial charge on any atom is -0.411 e. The van der Waals surface area contributed by atoms with Gasteiger partial charge in [-0.05, 0) is 108 Å². The smallest absolute Gasteiger partial charge is 0.192 e. The first-order valence-corrected chi connectivity index (χ1v) is 15.6. The molecular weight excluding hydrogens is 503 g/mol. The van der Waals surface area contributed by atoms with Crippen LogP contribution in [0.15, 0.2) is 33.5 Å². The van der Waals surface area contributed by atoms with Crippen LogP contribution in [0.4, 0.5) is 0 Å². The molecule has 172 valence electrons. The van der Waals surface area contributed by atoms with Crippen LogP contribution in [-0.4, -0.2) is 33.9 Å². The summed E-state index contributed by atoms with van der Waals surface area (Å²) in [6, 6.07) is 0. The first-order chi connectivity index (χ1) is 14.0. The van der Waals surface area contributed by atoms with Crippen molar-refractivity contribution in [1.29, 1.82) is 0 Å². The topological polar surface area (TPSA) is 27.7 Å². The predicted molar refractivity (Wildman–Crippen MR) is 139 cm³/mol. The first-order valence-electron chi connectivity index (χ1n) is 11.6. The van der Waals surface area contributed by atoms with Gasteiger partial charge in [0.15, 0.2) is 14.6 Å². The molecule has 1 heterocycles. The molecule has 0 aromatic rings. The average molecular weight is 547 g/mol. The third kappa shape index (κ3) is 8.53. The highest BCUT2D eigenvalue weighted by Gasteiger charge is 2.39. The molecule has 0 unspecified atom stereocenters. The SMILES string of the molecule is C=C1CCC(C)=CC[C@@H]1C[C@H](/C=C(\I)CCCC1OCCO1)O[Si](C)(C)C(C)(C)C. The van der Waals surface area contributed by atoms with Crippen LogP contribution in [0.5, 0.6) is 0 Å². The third-order valence-corrected chi connectivity index (χ3v) is 12.3. The molecule has 0 saturated carbocycles. The second-order valence-electron chi connectivity index (χ2n) is 10.5. The number of hydrogen-bond donors (Lipinski definition) is 0. The van der Waals surface area contributed by atoms with Crippen molar-refractivity contribution >= 4 is 30.9 Å². The molecule has 1 saturated heterocycles. The molecule has 30 heavy (non-hydrogen) atoms. The van der Waals surface area contributed by atoms with Crippen molar-refractivity contribution in [2.24, 2.45) is 5.92 Å². The summed E-state index contributed by atoms with van der Waals surface area (Å²) < 4.78 is 19.5. The van der Waals surface area contributed by atoms with Crippen molar-refractivity contribution in [2.75, 3.05) is 13.2 Å². The van der Waals surface area contributed by atoms with E-state index in [4.69, 9.17) is 13.9 Å². The fraction of sp³-hybridized carbons (Fsp3) is 0.760. The maximum absolute atomic E-state index is 6.92. The van der Waals surface area contributed by atoms with E-state index in [2.05, 4.69) is 82.1 Å². The lowest BCUT2D eigenvalue weighted by molar-refractivity contribution is -0.0475. The van der Waals surface area contributed by atoms with Crippen LogP contribution in [0.2, 0.25) is 18.1 Å². The maximum atomic E-state index is 6.92. The van der Waals surface area contributed by atoms with Crippen molar-refractivity contribution in [3.8, 4) is 0 Å². The summed E-state index contributed by atoms with van der Waals surface area (Å²) in [5.74, 6) is 0.512. The second-order valence-corrected chi connectivity index (χ2v) is 16.6. The minimum absolute atomic E-state index is 0.00202. The van der Waals surface area contributed by atoms with E-state index < -0.39 is 8.32 Å². The van der Waals surface area contributed by atoms with E-state index in [9.17, 15) is 0 Å². The molecule has 0 spiro atoms. The van der Waals surface area contributed by atoms with Gasteiger partial charge in [-0.1, -0.05) is 44.6 Å². The van der Waals surface area contributed by atoms with Gasteiger partial charge < -0.3 is 13.9 Å². The summed E-state index contributed by atoms with van der Waals surface area (Å²) in [5, 5.41) is 0.207. The van der Waals surface area contributed by atoms with Crippen molar-refractivity contribution in [3.05, 3.63) is 33.5 Å². The molecule has 5 heteroatoms. The van der Waals surface area contributed by atoms with Crippen molar-refractivity contribution < 1.29 is 13.9 Å². The zero-order chi connectivity index (χ0) is 22.4. The Morgan fingerprint density at radius 2 is 1.97 bits per heavy atom. The molecule has 1 aliphatic heterocycles. The standard InChI is InChI=1S/C25H43IO3Si/c1-19-11-13-20(2)21(14-12-19)17-23(29-30(6,7)25(3,4)5)18-22(26)9-8-10-24-27-15-16-28-24/h12,18,21,23-24H,2,8-11,13-17H2,1,3-7H3/b22-18-/t21-,23-/m1/s1. The highest BCUT2D eigenvalue weighted by molar-refractivity contribution is 14.1. The van der Waals surface area contributed by atoms with E-state index in [-0.39, 0.29) is 17.4 Å². The van der Waals surface area contributed by atoms with Crippen LogP contribution in [0.25, 0.3) is 0 Å². The number of hydrogen-bond acceptors (Lipinski definition) is 3. The molecule has 1 fully saturated rings. The lowest BCUT2D eigenvalue weighted by atomic mass is 9.90. The summed E-state index contributed by atoms with van der Waals surface area (Å²) in [4.78, 5) is 0. The average Bonchev–Trinajstić information content (AvgIpc) is 3.09. The monoisotopic (exact) mass is 546 g/mol. The second kappa shape index (κ2) is 11.8. The summed E-state index contributed by atoms with van der Waals surface area (Å²) >= 11 is 2.51. The van der Waals surface area contributed by atoms with Crippen LogP contribution >= 0.6 is 22.6 Å². The quantitative estimate of drug-likeness (QED) is 0.167. The normalized spacial score (nSPS) is 23.4. The largest absolute Gasteiger partial charge is 0.411 e. The van der Waals surface area contributed by atoms with E-state index >= 15 is 0 Å². The van der Waals surface area contributed by atoms with Gasteiger partial charge in [0.1, 0.15) is 0 Å².